The molecule has 1 fully saturated rings. The van der Waals surface area contributed by atoms with E-state index in [9.17, 15) is 0 Å². The van der Waals surface area contributed by atoms with E-state index in [0.717, 1.165) is 6.61 Å². The van der Waals surface area contributed by atoms with Gasteiger partial charge in [-0.1, -0.05) is 0 Å². The Morgan fingerprint density at radius 1 is 1.78 bits per heavy atom. The van der Waals surface area contributed by atoms with Gasteiger partial charge < -0.3 is 7.97 Å². The van der Waals surface area contributed by atoms with Crippen LogP contribution in [0.3, 0.4) is 0 Å². The maximum Gasteiger partial charge on any atom is 0.109 e. The van der Waals surface area contributed by atoms with Crippen molar-refractivity contribution in [1.82, 2.24) is 4.90 Å². The summed E-state index contributed by atoms with van der Waals surface area (Å²) in [5.74, 6) is 0. The standard InChI is InChI=1S/C6H12INO/c1-8-4-2-3-6(8)5-9-7/h6H,2-5H2,1H3/t6-/m0/s1. The van der Waals surface area contributed by atoms with Crippen LogP contribution in [-0.2, 0) is 3.07 Å². The zero-order valence-electron chi connectivity index (χ0n) is 5.64. The highest BCUT2D eigenvalue weighted by Gasteiger charge is 2.19. The molecule has 1 heterocycles. The van der Waals surface area contributed by atoms with Crippen LogP contribution in [0.4, 0.5) is 0 Å². The van der Waals surface area contributed by atoms with Gasteiger partial charge in [-0.3, -0.25) is 0 Å². The summed E-state index contributed by atoms with van der Waals surface area (Å²) in [6.07, 6.45) is 2.64. The molecule has 0 amide bonds. The van der Waals surface area contributed by atoms with E-state index in [0.29, 0.717) is 6.04 Å². The van der Waals surface area contributed by atoms with E-state index in [1.165, 1.54) is 19.4 Å². The molecular weight excluding hydrogens is 229 g/mol. The van der Waals surface area contributed by atoms with Crippen LogP contribution in [0.5, 0.6) is 0 Å². The molecule has 0 spiro atoms. The molecule has 1 aliphatic heterocycles. The molecule has 0 unspecified atom stereocenters. The second kappa shape index (κ2) is 3.73. The zero-order valence-corrected chi connectivity index (χ0v) is 7.80. The van der Waals surface area contributed by atoms with Crippen molar-refractivity contribution in [1.29, 1.82) is 0 Å². The zero-order chi connectivity index (χ0) is 6.69. The lowest BCUT2D eigenvalue weighted by Gasteiger charge is -2.16. The number of likely N-dealkylation sites (tertiary alicyclic amines) is 1. The SMILES string of the molecule is CN1CCC[C@H]1COI. The molecule has 0 aromatic carbocycles. The number of nitrogens with zero attached hydrogens (tertiary/aromatic N) is 1. The molecule has 0 aromatic heterocycles. The lowest BCUT2D eigenvalue weighted by molar-refractivity contribution is 0.237. The van der Waals surface area contributed by atoms with Crippen molar-refractivity contribution >= 4 is 23.0 Å². The molecule has 0 radical (unpaired) electrons. The number of hydrogen-bond donors (Lipinski definition) is 0. The Kier molecular flexibility index (Phi) is 3.21. The molecule has 1 saturated heterocycles. The Balaban J connectivity index is 2.22. The van der Waals surface area contributed by atoms with Gasteiger partial charge >= 0.3 is 0 Å². The normalized spacial score (nSPS) is 29.3. The average molecular weight is 241 g/mol. The molecule has 1 rings (SSSR count). The monoisotopic (exact) mass is 241 g/mol. The summed E-state index contributed by atoms with van der Waals surface area (Å²) in [7, 11) is 2.16. The molecule has 0 N–H and O–H groups in total. The minimum absolute atomic E-state index is 0.682. The van der Waals surface area contributed by atoms with Crippen molar-refractivity contribution in [2.75, 3.05) is 20.2 Å². The first-order valence-corrected chi connectivity index (χ1v) is 4.16. The van der Waals surface area contributed by atoms with Crippen LogP contribution in [0, 0.1) is 0 Å². The van der Waals surface area contributed by atoms with Crippen molar-refractivity contribution in [3.63, 3.8) is 0 Å². The molecule has 54 valence electrons. The van der Waals surface area contributed by atoms with Gasteiger partial charge in [0, 0.05) is 6.04 Å². The van der Waals surface area contributed by atoms with Gasteiger partial charge in [0.2, 0.25) is 0 Å². The predicted molar refractivity (Wildman–Crippen MR) is 45.6 cm³/mol. The summed E-state index contributed by atoms with van der Waals surface area (Å²) in [6, 6.07) is 0.682. The summed E-state index contributed by atoms with van der Waals surface area (Å²) in [4.78, 5) is 2.36. The second-order valence-corrected chi connectivity index (χ2v) is 3.18. The van der Waals surface area contributed by atoms with Crippen LogP contribution in [0.15, 0.2) is 0 Å². The fourth-order valence-electron chi connectivity index (χ4n) is 1.26. The molecule has 9 heavy (non-hydrogen) atoms. The topological polar surface area (TPSA) is 12.5 Å². The smallest absolute Gasteiger partial charge is 0.109 e. The van der Waals surface area contributed by atoms with Crippen molar-refractivity contribution in [2.24, 2.45) is 0 Å². The lowest BCUT2D eigenvalue weighted by Crippen LogP contribution is -2.28. The van der Waals surface area contributed by atoms with Gasteiger partial charge in [0.1, 0.15) is 23.0 Å². The minimum Gasteiger partial charge on any atom is -0.314 e. The van der Waals surface area contributed by atoms with Gasteiger partial charge in [0.25, 0.3) is 0 Å². The van der Waals surface area contributed by atoms with Crippen LogP contribution in [0.25, 0.3) is 0 Å². The molecule has 0 saturated carbocycles. The van der Waals surface area contributed by atoms with E-state index in [-0.39, 0.29) is 0 Å². The van der Waals surface area contributed by atoms with E-state index in [2.05, 4.69) is 11.9 Å². The number of halogens is 1. The first-order valence-electron chi connectivity index (χ1n) is 3.28. The number of hydrogen-bond acceptors (Lipinski definition) is 2. The third-order valence-electron chi connectivity index (χ3n) is 1.93. The highest BCUT2D eigenvalue weighted by molar-refractivity contribution is 14.1. The molecule has 1 atom stereocenters. The summed E-state index contributed by atoms with van der Waals surface area (Å²) >= 11 is 1.96. The Labute approximate surface area is 70.2 Å². The Morgan fingerprint density at radius 2 is 2.56 bits per heavy atom. The maximum absolute atomic E-state index is 5.02. The van der Waals surface area contributed by atoms with Gasteiger partial charge in [0.15, 0.2) is 0 Å². The van der Waals surface area contributed by atoms with Crippen LogP contribution in [0.1, 0.15) is 12.8 Å². The van der Waals surface area contributed by atoms with Gasteiger partial charge in [-0.25, -0.2) is 0 Å². The Hall–Kier alpha value is 0.650. The molecule has 1 aliphatic rings. The predicted octanol–water partition coefficient (Wildman–Crippen LogP) is 1.45. The molecule has 3 heteroatoms. The molecular formula is C6H12INO. The highest BCUT2D eigenvalue weighted by Crippen LogP contribution is 2.15. The maximum atomic E-state index is 5.02. The Morgan fingerprint density at radius 3 is 3.00 bits per heavy atom. The summed E-state index contributed by atoms with van der Waals surface area (Å²) < 4.78 is 5.02. The number of rotatable bonds is 2. The van der Waals surface area contributed by atoms with Crippen molar-refractivity contribution in [3.8, 4) is 0 Å². The summed E-state index contributed by atoms with van der Waals surface area (Å²) in [5, 5.41) is 0. The largest absolute Gasteiger partial charge is 0.314 e. The average Bonchev–Trinajstić information content (AvgIpc) is 2.18. The van der Waals surface area contributed by atoms with Gasteiger partial charge in [-0.2, -0.15) is 0 Å². The molecule has 0 bridgehead atoms. The first kappa shape index (κ1) is 7.75. The van der Waals surface area contributed by atoms with Gasteiger partial charge in [0.05, 0.1) is 6.61 Å². The van der Waals surface area contributed by atoms with Crippen LogP contribution < -0.4 is 0 Å². The second-order valence-electron chi connectivity index (χ2n) is 2.55. The van der Waals surface area contributed by atoms with Crippen molar-refractivity contribution < 1.29 is 3.07 Å². The number of likely N-dealkylation sites (N-methyl/N-ethyl adjacent to an activating group) is 1. The molecule has 2 nitrogen and oxygen atoms in total. The van der Waals surface area contributed by atoms with Crippen LogP contribution >= 0.6 is 23.0 Å². The van der Waals surface area contributed by atoms with E-state index in [1.807, 2.05) is 23.0 Å². The van der Waals surface area contributed by atoms with Crippen molar-refractivity contribution in [2.45, 2.75) is 18.9 Å². The molecule has 0 aromatic rings. The highest BCUT2D eigenvalue weighted by atomic mass is 127. The summed E-state index contributed by atoms with van der Waals surface area (Å²) in [5.41, 5.74) is 0. The van der Waals surface area contributed by atoms with E-state index in [1.54, 1.807) is 0 Å². The van der Waals surface area contributed by atoms with Gasteiger partial charge in [-0.15, -0.1) is 0 Å². The first-order chi connectivity index (χ1) is 4.34. The van der Waals surface area contributed by atoms with Gasteiger partial charge in [-0.05, 0) is 26.4 Å². The Bertz CT molecular complexity index is 89.1. The van der Waals surface area contributed by atoms with E-state index < -0.39 is 0 Å². The fourth-order valence-corrected chi connectivity index (χ4v) is 1.68. The quantitative estimate of drug-likeness (QED) is 0.678. The van der Waals surface area contributed by atoms with E-state index >= 15 is 0 Å². The fraction of sp³-hybridized carbons (Fsp3) is 1.00. The van der Waals surface area contributed by atoms with Crippen molar-refractivity contribution in [3.05, 3.63) is 0 Å². The van der Waals surface area contributed by atoms with E-state index in [4.69, 9.17) is 3.07 Å². The van der Waals surface area contributed by atoms with Crippen LogP contribution in [-0.4, -0.2) is 31.1 Å². The third kappa shape index (κ3) is 2.05. The molecule has 0 aliphatic carbocycles. The third-order valence-corrected chi connectivity index (χ3v) is 2.29. The lowest BCUT2D eigenvalue weighted by atomic mass is 10.2. The minimum atomic E-state index is 0.682. The summed E-state index contributed by atoms with van der Waals surface area (Å²) in [6.45, 7) is 2.13. The van der Waals surface area contributed by atoms with Crippen LogP contribution in [0.2, 0.25) is 0 Å².